The van der Waals surface area contributed by atoms with Crippen LogP contribution in [0, 0.1) is 0 Å². The predicted octanol–water partition coefficient (Wildman–Crippen LogP) is 6.19. The monoisotopic (exact) mass is 394 g/mol. The maximum absolute atomic E-state index is 11.7. The van der Waals surface area contributed by atoms with E-state index in [0.29, 0.717) is 0 Å². The molecule has 0 aromatic heterocycles. The lowest BCUT2D eigenvalue weighted by atomic mass is 9.88. The minimum absolute atomic E-state index is 0.251. The molecule has 3 aromatic carbocycles. The van der Waals surface area contributed by atoms with Crippen LogP contribution in [-0.2, 0) is 4.79 Å². The van der Waals surface area contributed by atoms with Crippen LogP contribution < -0.4 is 5.43 Å². The van der Waals surface area contributed by atoms with Gasteiger partial charge in [0.2, 0.25) is 0 Å². The van der Waals surface area contributed by atoms with Gasteiger partial charge in [-0.25, -0.2) is 5.43 Å². The van der Waals surface area contributed by atoms with Gasteiger partial charge in [0.1, 0.15) is 0 Å². The summed E-state index contributed by atoms with van der Waals surface area (Å²) in [5.74, 6) is -0.251. The van der Waals surface area contributed by atoms with Gasteiger partial charge in [0, 0.05) is 12.3 Å². The quantitative estimate of drug-likeness (QED) is 0.221. The van der Waals surface area contributed by atoms with Crippen molar-refractivity contribution >= 4 is 29.3 Å². The maximum atomic E-state index is 11.7. The first-order chi connectivity index (χ1) is 14.7. The van der Waals surface area contributed by atoms with Crippen molar-refractivity contribution in [2.45, 2.75) is 20.3 Å². The summed E-state index contributed by atoms with van der Waals surface area (Å²) in [6.45, 7) is 3.94. The number of hydrogen-bond acceptors (Lipinski definition) is 2. The SMILES string of the molecule is C/C=N/NC(=O)/C=C/c1ccc(/C(=C(/CC)c2ccccc2)c2ccccc2)cc1. The predicted molar refractivity (Wildman–Crippen MR) is 127 cm³/mol. The molecule has 0 aliphatic carbocycles. The fourth-order valence-electron chi connectivity index (χ4n) is 3.38. The summed E-state index contributed by atoms with van der Waals surface area (Å²) in [5.41, 5.74) is 9.50. The highest BCUT2D eigenvalue weighted by Gasteiger charge is 2.12. The molecule has 0 spiro atoms. The van der Waals surface area contributed by atoms with Crippen LogP contribution in [0.25, 0.3) is 17.2 Å². The molecule has 0 saturated heterocycles. The zero-order chi connectivity index (χ0) is 21.2. The van der Waals surface area contributed by atoms with Gasteiger partial charge in [0.15, 0.2) is 0 Å². The lowest BCUT2D eigenvalue weighted by molar-refractivity contribution is -0.116. The number of hydrogen-bond donors (Lipinski definition) is 1. The highest BCUT2D eigenvalue weighted by molar-refractivity contribution is 5.98. The van der Waals surface area contributed by atoms with E-state index in [1.54, 1.807) is 13.0 Å². The lowest BCUT2D eigenvalue weighted by Gasteiger charge is -2.16. The second kappa shape index (κ2) is 10.7. The third kappa shape index (κ3) is 5.42. The fraction of sp³-hybridized carbons (Fsp3) is 0.111. The Bertz CT molecular complexity index is 1050. The molecule has 150 valence electrons. The van der Waals surface area contributed by atoms with Crippen LogP contribution in [0.4, 0.5) is 0 Å². The Morgan fingerprint density at radius 3 is 1.97 bits per heavy atom. The standard InChI is InChI=1S/C27H26N2O/c1-3-25(22-11-7-5-8-12-22)27(23-13-9-6-10-14-23)24-18-15-21(16-19-24)17-20-26(30)29-28-4-2/h4-20H,3H2,1-2H3,(H,29,30)/b20-17+,27-25-,28-4+. The van der Waals surface area contributed by atoms with E-state index in [1.165, 1.54) is 34.6 Å². The van der Waals surface area contributed by atoms with Gasteiger partial charge in [0.05, 0.1) is 0 Å². The molecular formula is C27H26N2O. The summed E-state index contributed by atoms with van der Waals surface area (Å²) < 4.78 is 0. The van der Waals surface area contributed by atoms with Gasteiger partial charge in [-0.05, 0) is 52.8 Å². The van der Waals surface area contributed by atoms with Crippen LogP contribution in [0.15, 0.2) is 96.1 Å². The van der Waals surface area contributed by atoms with Crippen molar-refractivity contribution in [2.75, 3.05) is 0 Å². The molecule has 3 heteroatoms. The molecular weight excluding hydrogens is 368 g/mol. The van der Waals surface area contributed by atoms with Gasteiger partial charge in [-0.2, -0.15) is 5.10 Å². The molecule has 3 rings (SSSR count). The summed E-state index contributed by atoms with van der Waals surface area (Å²) in [6, 6.07) is 29.3. The smallest absolute Gasteiger partial charge is 0.264 e. The van der Waals surface area contributed by atoms with Crippen molar-refractivity contribution < 1.29 is 4.79 Å². The Labute approximate surface area is 178 Å². The molecule has 0 saturated carbocycles. The van der Waals surface area contributed by atoms with Crippen LogP contribution in [-0.4, -0.2) is 12.1 Å². The second-order valence-corrected chi connectivity index (χ2v) is 6.76. The summed E-state index contributed by atoms with van der Waals surface area (Å²) in [7, 11) is 0. The molecule has 0 atom stereocenters. The van der Waals surface area contributed by atoms with Crippen molar-refractivity contribution in [1.82, 2.24) is 5.43 Å². The average molecular weight is 395 g/mol. The van der Waals surface area contributed by atoms with Crippen molar-refractivity contribution in [3.05, 3.63) is 113 Å². The molecule has 0 unspecified atom stereocenters. The first-order valence-corrected chi connectivity index (χ1v) is 10.1. The van der Waals surface area contributed by atoms with Crippen molar-refractivity contribution in [2.24, 2.45) is 5.10 Å². The Morgan fingerprint density at radius 2 is 1.40 bits per heavy atom. The van der Waals surface area contributed by atoms with E-state index >= 15 is 0 Å². The number of hydrazone groups is 1. The maximum Gasteiger partial charge on any atom is 0.264 e. The normalized spacial score (nSPS) is 12.2. The minimum atomic E-state index is -0.251. The van der Waals surface area contributed by atoms with Crippen LogP contribution in [0.2, 0.25) is 0 Å². The molecule has 3 aromatic rings. The first kappa shape index (κ1) is 21.0. The Kier molecular flexibility index (Phi) is 7.51. The van der Waals surface area contributed by atoms with Crippen LogP contribution in [0.3, 0.4) is 0 Å². The number of rotatable bonds is 7. The first-order valence-electron chi connectivity index (χ1n) is 10.1. The van der Waals surface area contributed by atoms with Gasteiger partial charge in [0.25, 0.3) is 5.91 Å². The molecule has 0 bridgehead atoms. The molecule has 3 nitrogen and oxygen atoms in total. The molecule has 0 radical (unpaired) electrons. The van der Waals surface area contributed by atoms with Crippen molar-refractivity contribution in [1.29, 1.82) is 0 Å². The summed E-state index contributed by atoms with van der Waals surface area (Å²) in [4.78, 5) is 11.7. The molecule has 0 aliphatic heterocycles. The van der Waals surface area contributed by atoms with Crippen LogP contribution >= 0.6 is 0 Å². The zero-order valence-electron chi connectivity index (χ0n) is 17.4. The van der Waals surface area contributed by atoms with E-state index in [4.69, 9.17) is 0 Å². The number of benzene rings is 3. The number of amides is 1. The summed E-state index contributed by atoms with van der Waals surface area (Å²) >= 11 is 0. The highest BCUT2D eigenvalue weighted by atomic mass is 16.2. The van der Waals surface area contributed by atoms with Gasteiger partial charge in [-0.15, -0.1) is 0 Å². The lowest BCUT2D eigenvalue weighted by Crippen LogP contribution is -2.13. The van der Waals surface area contributed by atoms with E-state index < -0.39 is 0 Å². The minimum Gasteiger partial charge on any atom is -0.268 e. The highest BCUT2D eigenvalue weighted by Crippen LogP contribution is 2.34. The summed E-state index contributed by atoms with van der Waals surface area (Å²) in [6.07, 6.45) is 5.73. The number of carbonyl (C=O) groups excluding carboxylic acids is 1. The molecule has 0 heterocycles. The number of allylic oxidation sites excluding steroid dienone is 1. The van der Waals surface area contributed by atoms with Crippen molar-refractivity contribution in [3.63, 3.8) is 0 Å². The van der Waals surface area contributed by atoms with Gasteiger partial charge >= 0.3 is 0 Å². The molecule has 0 fully saturated rings. The molecule has 30 heavy (non-hydrogen) atoms. The third-order valence-corrected chi connectivity index (χ3v) is 4.77. The average Bonchev–Trinajstić information content (AvgIpc) is 2.81. The second-order valence-electron chi connectivity index (χ2n) is 6.76. The third-order valence-electron chi connectivity index (χ3n) is 4.77. The Balaban J connectivity index is 2.00. The summed E-state index contributed by atoms with van der Waals surface area (Å²) in [5, 5.41) is 3.73. The number of nitrogens with zero attached hydrogens (tertiary/aromatic N) is 1. The van der Waals surface area contributed by atoms with Crippen LogP contribution in [0.1, 0.15) is 42.5 Å². The topological polar surface area (TPSA) is 41.5 Å². The van der Waals surface area contributed by atoms with E-state index in [-0.39, 0.29) is 5.91 Å². The van der Waals surface area contributed by atoms with Gasteiger partial charge < -0.3 is 0 Å². The van der Waals surface area contributed by atoms with E-state index in [9.17, 15) is 4.79 Å². The Hall–Kier alpha value is -3.72. The Morgan fingerprint density at radius 1 is 0.833 bits per heavy atom. The van der Waals surface area contributed by atoms with Gasteiger partial charge in [-0.1, -0.05) is 91.9 Å². The zero-order valence-corrected chi connectivity index (χ0v) is 17.4. The van der Waals surface area contributed by atoms with Crippen LogP contribution in [0.5, 0.6) is 0 Å². The number of carbonyl (C=O) groups is 1. The van der Waals surface area contributed by atoms with Crippen molar-refractivity contribution in [3.8, 4) is 0 Å². The van der Waals surface area contributed by atoms with E-state index in [0.717, 1.165) is 17.5 Å². The molecule has 1 amide bonds. The largest absolute Gasteiger partial charge is 0.268 e. The fourth-order valence-corrected chi connectivity index (χ4v) is 3.38. The van der Waals surface area contributed by atoms with Gasteiger partial charge in [-0.3, -0.25) is 4.79 Å². The molecule has 0 aliphatic rings. The number of nitrogens with one attached hydrogen (secondary N) is 1. The van der Waals surface area contributed by atoms with E-state index in [2.05, 4.69) is 78.1 Å². The van der Waals surface area contributed by atoms with E-state index in [1.807, 2.05) is 24.3 Å². The molecule has 1 N–H and O–H groups in total.